The van der Waals surface area contributed by atoms with Crippen molar-refractivity contribution < 1.29 is 4.42 Å². The number of aliphatic imine (C=N–C) groups is 1. The lowest BCUT2D eigenvalue weighted by Gasteiger charge is -2.35. The van der Waals surface area contributed by atoms with Gasteiger partial charge in [-0.1, -0.05) is 35.9 Å². The molecule has 7 heteroatoms. The molecule has 0 amide bonds. The van der Waals surface area contributed by atoms with Crippen LogP contribution in [0.4, 0.5) is 5.69 Å². The maximum Gasteiger partial charge on any atom is 0.226 e. The van der Waals surface area contributed by atoms with Crippen molar-refractivity contribution in [3.63, 3.8) is 0 Å². The van der Waals surface area contributed by atoms with Gasteiger partial charge in [0.15, 0.2) is 5.96 Å². The number of guanidine groups is 1. The molecule has 4 rings (SSSR count). The number of hydrogen-bond donors (Lipinski definition) is 2. The molecule has 1 saturated heterocycles. The quantitative estimate of drug-likeness (QED) is 0.286. The highest BCUT2D eigenvalue weighted by Crippen LogP contribution is 2.20. The van der Waals surface area contributed by atoms with Gasteiger partial charge in [0.1, 0.15) is 6.26 Å². The molecule has 1 unspecified atom stereocenters. The number of nitrogens with one attached hydrogen (secondary N) is 2. The van der Waals surface area contributed by atoms with E-state index in [0.717, 1.165) is 43.1 Å². The van der Waals surface area contributed by atoms with Gasteiger partial charge in [-0.2, -0.15) is 0 Å². The highest BCUT2D eigenvalue weighted by atomic mass is 127. The molecule has 0 spiro atoms. The molecule has 2 heterocycles. The van der Waals surface area contributed by atoms with E-state index in [-0.39, 0.29) is 24.0 Å². The number of piperidine rings is 1. The summed E-state index contributed by atoms with van der Waals surface area (Å²) in [6.45, 7) is 4.68. The monoisotopic (exact) mass is 531 g/mol. The molecule has 1 aliphatic heterocycles. The van der Waals surface area contributed by atoms with Crippen molar-refractivity contribution in [3.05, 3.63) is 72.1 Å². The van der Waals surface area contributed by atoms with Crippen molar-refractivity contribution in [1.82, 2.24) is 15.6 Å². The predicted octanol–water partition coefficient (Wildman–Crippen LogP) is 4.60. The van der Waals surface area contributed by atoms with Gasteiger partial charge in [-0.05, 0) is 44.0 Å². The smallest absolute Gasteiger partial charge is 0.226 e. The van der Waals surface area contributed by atoms with Crippen LogP contribution in [0.2, 0.25) is 0 Å². The van der Waals surface area contributed by atoms with E-state index in [2.05, 4.69) is 74.9 Å². The summed E-state index contributed by atoms with van der Waals surface area (Å²) in [7, 11) is 1.80. The van der Waals surface area contributed by atoms with Gasteiger partial charge in [-0.3, -0.25) is 4.99 Å². The Bertz CT molecular complexity index is 971. The van der Waals surface area contributed by atoms with Gasteiger partial charge in [0, 0.05) is 37.4 Å². The number of halogens is 1. The molecule has 2 N–H and O–H groups in total. The summed E-state index contributed by atoms with van der Waals surface area (Å²) in [5.74, 6) is 1.43. The number of para-hydroxylation sites is 1. The first-order valence-electron chi connectivity index (χ1n) is 10.5. The van der Waals surface area contributed by atoms with Gasteiger partial charge >= 0.3 is 0 Å². The molecule has 1 aliphatic rings. The minimum absolute atomic E-state index is 0. The average Bonchev–Trinajstić information content (AvgIpc) is 3.27. The topological polar surface area (TPSA) is 65.7 Å². The summed E-state index contributed by atoms with van der Waals surface area (Å²) in [4.78, 5) is 11.4. The Kier molecular flexibility index (Phi) is 8.34. The van der Waals surface area contributed by atoms with Crippen molar-refractivity contribution in [2.24, 2.45) is 4.99 Å². The van der Waals surface area contributed by atoms with E-state index in [1.165, 1.54) is 11.3 Å². The molecule has 1 fully saturated rings. The van der Waals surface area contributed by atoms with Crippen LogP contribution in [0, 0.1) is 6.92 Å². The Labute approximate surface area is 201 Å². The molecular weight excluding hydrogens is 501 g/mol. The SMILES string of the molecule is CN=C(NCc1coc(-c2ccc(C)cc2)n1)NC1CCCN(c2ccccc2)C1.I. The Hall–Kier alpha value is -2.55. The number of benzene rings is 2. The minimum Gasteiger partial charge on any atom is -0.444 e. The molecule has 1 aromatic heterocycles. The summed E-state index contributed by atoms with van der Waals surface area (Å²) in [6.07, 6.45) is 3.99. The molecule has 0 aliphatic carbocycles. The molecule has 164 valence electrons. The third kappa shape index (κ3) is 6.22. The molecule has 0 bridgehead atoms. The number of oxazole rings is 1. The van der Waals surface area contributed by atoms with Crippen LogP contribution in [0.25, 0.3) is 11.5 Å². The molecule has 0 radical (unpaired) electrons. The lowest BCUT2D eigenvalue weighted by molar-refractivity contribution is 0.468. The number of anilines is 1. The van der Waals surface area contributed by atoms with Crippen LogP contribution in [0.5, 0.6) is 0 Å². The number of aryl methyl sites for hydroxylation is 1. The van der Waals surface area contributed by atoms with Crippen molar-refractivity contribution >= 4 is 35.6 Å². The number of rotatable bonds is 5. The zero-order valence-corrected chi connectivity index (χ0v) is 20.4. The van der Waals surface area contributed by atoms with E-state index in [1.54, 1.807) is 13.3 Å². The van der Waals surface area contributed by atoms with Gasteiger partial charge < -0.3 is 20.0 Å². The zero-order valence-electron chi connectivity index (χ0n) is 18.0. The van der Waals surface area contributed by atoms with E-state index in [9.17, 15) is 0 Å². The maximum absolute atomic E-state index is 5.65. The van der Waals surface area contributed by atoms with Gasteiger partial charge in [0.05, 0.1) is 12.2 Å². The van der Waals surface area contributed by atoms with Gasteiger partial charge in [0.25, 0.3) is 0 Å². The Morgan fingerprint density at radius 2 is 1.94 bits per heavy atom. The summed E-state index contributed by atoms with van der Waals surface area (Å²) in [5.41, 5.74) is 4.33. The third-order valence-electron chi connectivity index (χ3n) is 5.39. The van der Waals surface area contributed by atoms with Gasteiger partial charge in [-0.15, -0.1) is 24.0 Å². The van der Waals surface area contributed by atoms with Gasteiger partial charge in [0.2, 0.25) is 5.89 Å². The largest absolute Gasteiger partial charge is 0.444 e. The standard InChI is InChI=1S/C24H29N5O.HI/c1-18-10-12-19(13-11-18)23-27-21(17-30-23)15-26-24(25-2)28-20-7-6-14-29(16-20)22-8-4-3-5-9-22;/h3-5,8-13,17,20H,6-7,14-16H2,1-2H3,(H2,25,26,28);1H. The van der Waals surface area contributed by atoms with Crippen molar-refractivity contribution in [3.8, 4) is 11.5 Å². The van der Waals surface area contributed by atoms with E-state index in [1.807, 2.05) is 12.1 Å². The minimum atomic E-state index is 0. The second-order valence-corrected chi connectivity index (χ2v) is 7.70. The summed E-state index contributed by atoms with van der Waals surface area (Å²) < 4.78 is 5.65. The maximum atomic E-state index is 5.65. The van der Waals surface area contributed by atoms with Crippen molar-refractivity contribution in [1.29, 1.82) is 0 Å². The fourth-order valence-corrected chi connectivity index (χ4v) is 3.75. The normalized spacial score (nSPS) is 16.5. The van der Waals surface area contributed by atoms with Crippen LogP contribution >= 0.6 is 24.0 Å². The molecular formula is C24H30IN5O. The third-order valence-corrected chi connectivity index (χ3v) is 5.39. The Balaban J connectivity index is 0.00000272. The van der Waals surface area contributed by atoms with Crippen molar-refractivity contribution in [2.45, 2.75) is 32.4 Å². The lowest BCUT2D eigenvalue weighted by Crippen LogP contribution is -2.51. The number of nitrogens with zero attached hydrogens (tertiary/aromatic N) is 3. The fourth-order valence-electron chi connectivity index (χ4n) is 3.75. The summed E-state index contributed by atoms with van der Waals surface area (Å²) in [5, 5.41) is 6.92. The molecule has 2 aromatic carbocycles. The predicted molar refractivity (Wildman–Crippen MR) is 137 cm³/mol. The van der Waals surface area contributed by atoms with Crippen LogP contribution in [0.15, 0.2) is 70.3 Å². The highest BCUT2D eigenvalue weighted by Gasteiger charge is 2.21. The second kappa shape index (κ2) is 11.2. The average molecular weight is 531 g/mol. The molecule has 1 atom stereocenters. The zero-order chi connectivity index (χ0) is 20.8. The number of hydrogen-bond acceptors (Lipinski definition) is 4. The van der Waals surface area contributed by atoms with Crippen LogP contribution in [-0.4, -0.2) is 37.1 Å². The Morgan fingerprint density at radius 1 is 1.16 bits per heavy atom. The molecule has 3 aromatic rings. The first-order valence-corrected chi connectivity index (χ1v) is 10.5. The first kappa shape index (κ1) is 23.1. The van der Waals surface area contributed by atoms with E-state index >= 15 is 0 Å². The number of aromatic nitrogens is 1. The van der Waals surface area contributed by atoms with Crippen LogP contribution in [0.1, 0.15) is 24.1 Å². The molecule has 31 heavy (non-hydrogen) atoms. The van der Waals surface area contributed by atoms with Crippen LogP contribution < -0.4 is 15.5 Å². The Morgan fingerprint density at radius 3 is 2.68 bits per heavy atom. The first-order chi connectivity index (χ1) is 14.7. The van der Waals surface area contributed by atoms with Crippen LogP contribution in [0.3, 0.4) is 0 Å². The highest BCUT2D eigenvalue weighted by molar-refractivity contribution is 14.0. The summed E-state index contributed by atoms with van der Waals surface area (Å²) >= 11 is 0. The van der Waals surface area contributed by atoms with E-state index in [0.29, 0.717) is 18.5 Å². The van der Waals surface area contributed by atoms with Gasteiger partial charge in [-0.25, -0.2) is 4.98 Å². The van der Waals surface area contributed by atoms with E-state index in [4.69, 9.17) is 4.42 Å². The van der Waals surface area contributed by atoms with Crippen LogP contribution in [-0.2, 0) is 6.54 Å². The van der Waals surface area contributed by atoms with Crippen molar-refractivity contribution in [2.75, 3.05) is 25.0 Å². The molecule has 0 saturated carbocycles. The fraction of sp³-hybridized carbons (Fsp3) is 0.333. The lowest BCUT2D eigenvalue weighted by atomic mass is 10.1. The summed E-state index contributed by atoms with van der Waals surface area (Å²) in [6, 6.07) is 19.1. The second-order valence-electron chi connectivity index (χ2n) is 7.70. The van der Waals surface area contributed by atoms with E-state index < -0.39 is 0 Å². The molecule has 6 nitrogen and oxygen atoms in total.